The van der Waals surface area contributed by atoms with E-state index >= 15 is 0 Å². The largest absolute Gasteiger partial charge is 0.367 e. The molecule has 5 heteroatoms. The van der Waals surface area contributed by atoms with Crippen molar-refractivity contribution in [3.63, 3.8) is 0 Å². The molecule has 1 aromatic carbocycles. The lowest BCUT2D eigenvalue weighted by molar-refractivity contribution is 0.170. The van der Waals surface area contributed by atoms with E-state index in [9.17, 15) is 0 Å². The fourth-order valence-electron chi connectivity index (χ4n) is 4.86. The van der Waals surface area contributed by atoms with Crippen LogP contribution >= 0.6 is 11.3 Å². The zero-order valence-corrected chi connectivity index (χ0v) is 19.2. The molecule has 0 unspecified atom stereocenters. The molecule has 1 saturated heterocycles. The lowest BCUT2D eigenvalue weighted by atomic mass is 9.79. The highest BCUT2D eigenvalue weighted by Gasteiger charge is 2.38. The topological polar surface area (TPSA) is 49.8 Å². The monoisotopic (exact) mass is 408 g/mol. The normalized spacial score (nSPS) is 19.0. The molecule has 2 N–H and O–H groups in total. The van der Waals surface area contributed by atoms with Gasteiger partial charge in [-0.1, -0.05) is 38.1 Å². The molecule has 1 aliphatic rings. The molecular formula is C24H32N4S. The molecule has 29 heavy (non-hydrogen) atoms. The molecule has 0 atom stereocenters. The maximum atomic E-state index is 4.66. The van der Waals surface area contributed by atoms with Gasteiger partial charge in [0.2, 0.25) is 0 Å². The number of hydrogen-bond acceptors (Lipinski definition) is 5. The second kappa shape index (κ2) is 7.37. The third-order valence-electron chi connectivity index (χ3n) is 5.79. The van der Waals surface area contributed by atoms with Gasteiger partial charge >= 0.3 is 0 Å². The summed E-state index contributed by atoms with van der Waals surface area (Å²) in [6, 6.07) is 9.29. The minimum Gasteiger partial charge on any atom is -0.367 e. The first-order valence-corrected chi connectivity index (χ1v) is 11.4. The minimum atomic E-state index is 0.0930. The van der Waals surface area contributed by atoms with Gasteiger partial charge in [-0.25, -0.2) is 9.97 Å². The van der Waals surface area contributed by atoms with E-state index in [0.29, 0.717) is 12.0 Å². The number of hydrogen-bond donors (Lipinski definition) is 2. The van der Waals surface area contributed by atoms with Crippen molar-refractivity contribution in [2.24, 2.45) is 0 Å². The second-order valence-electron chi connectivity index (χ2n) is 9.97. The second-order valence-corrected chi connectivity index (χ2v) is 10.8. The first-order valence-electron chi connectivity index (χ1n) is 10.5. The van der Waals surface area contributed by atoms with Gasteiger partial charge in [-0.15, -0.1) is 11.3 Å². The average molecular weight is 409 g/mol. The summed E-state index contributed by atoms with van der Waals surface area (Å²) in [5.41, 5.74) is 3.99. The Labute approximate surface area is 178 Å². The van der Waals surface area contributed by atoms with E-state index in [4.69, 9.17) is 0 Å². The van der Waals surface area contributed by atoms with Crippen LogP contribution in [-0.2, 0) is 0 Å². The lowest BCUT2D eigenvalue weighted by Gasteiger charge is -2.46. The highest BCUT2D eigenvalue weighted by atomic mass is 32.1. The average Bonchev–Trinajstić information content (AvgIpc) is 3.04. The predicted molar refractivity (Wildman–Crippen MR) is 125 cm³/mol. The molecule has 3 aromatic rings. The zero-order chi connectivity index (χ0) is 20.8. The van der Waals surface area contributed by atoms with Crippen molar-refractivity contribution in [3.05, 3.63) is 41.5 Å². The summed E-state index contributed by atoms with van der Waals surface area (Å²) < 4.78 is 0. The van der Waals surface area contributed by atoms with E-state index < -0.39 is 0 Å². The Morgan fingerprint density at radius 3 is 2.31 bits per heavy atom. The number of nitrogens with one attached hydrogen (secondary N) is 2. The molecule has 3 heterocycles. The van der Waals surface area contributed by atoms with Crippen molar-refractivity contribution in [1.82, 2.24) is 15.3 Å². The molecule has 0 amide bonds. The first kappa shape index (κ1) is 20.3. The van der Waals surface area contributed by atoms with Gasteiger partial charge in [0.15, 0.2) is 0 Å². The van der Waals surface area contributed by atoms with E-state index in [1.165, 1.54) is 16.7 Å². The van der Waals surface area contributed by atoms with Crippen LogP contribution in [0.1, 0.15) is 65.9 Å². The summed E-state index contributed by atoms with van der Waals surface area (Å²) in [4.78, 5) is 10.2. The smallest absolute Gasteiger partial charge is 0.139 e. The fraction of sp³-hybridized carbons (Fsp3) is 0.500. The maximum absolute atomic E-state index is 4.66. The summed E-state index contributed by atoms with van der Waals surface area (Å²) in [6.45, 7) is 13.6. The minimum absolute atomic E-state index is 0.0930. The molecule has 0 saturated carbocycles. The van der Waals surface area contributed by atoms with Crippen LogP contribution in [0, 0.1) is 0 Å². The van der Waals surface area contributed by atoms with E-state index in [-0.39, 0.29) is 11.1 Å². The maximum Gasteiger partial charge on any atom is 0.139 e. The summed E-state index contributed by atoms with van der Waals surface area (Å²) in [5.74, 6) is 1.49. The Kier molecular flexibility index (Phi) is 5.16. The van der Waals surface area contributed by atoms with Gasteiger partial charge in [0.1, 0.15) is 17.0 Å². The molecule has 0 radical (unpaired) electrons. The van der Waals surface area contributed by atoms with Gasteiger partial charge in [-0.3, -0.25) is 0 Å². The molecule has 2 aromatic heterocycles. The third-order valence-corrected chi connectivity index (χ3v) is 6.68. The van der Waals surface area contributed by atoms with Crippen molar-refractivity contribution >= 4 is 27.4 Å². The van der Waals surface area contributed by atoms with Gasteiger partial charge in [0.05, 0.1) is 5.39 Å². The number of thiophene rings is 1. The van der Waals surface area contributed by atoms with Gasteiger partial charge in [0, 0.05) is 28.1 Å². The number of nitrogens with zero attached hydrogens (tertiary/aromatic N) is 2. The lowest BCUT2D eigenvalue weighted by Crippen LogP contribution is -2.60. The Balaban J connectivity index is 1.70. The Bertz CT molecular complexity index is 985. The summed E-state index contributed by atoms with van der Waals surface area (Å²) >= 11 is 1.69. The van der Waals surface area contributed by atoms with Crippen molar-refractivity contribution < 1.29 is 0 Å². The molecule has 4 nitrogen and oxygen atoms in total. The number of anilines is 1. The van der Waals surface area contributed by atoms with Crippen molar-refractivity contribution in [2.75, 3.05) is 5.32 Å². The highest BCUT2D eigenvalue weighted by Crippen LogP contribution is 2.38. The Morgan fingerprint density at radius 1 is 1.03 bits per heavy atom. The SMILES string of the molecule is CC(C)c1ccc(-c2csc3ncnc(NC4CC(C)(C)NC(C)(C)C4)c23)cc1. The molecular weight excluding hydrogens is 376 g/mol. The molecule has 1 aliphatic heterocycles. The zero-order valence-electron chi connectivity index (χ0n) is 18.3. The number of rotatable bonds is 4. The van der Waals surface area contributed by atoms with Crippen LogP contribution in [0.3, 0.4) is 0 Å². The van der Waals surface area contributed by atoms with Crippen LogP contribution in [-0.4, -0.2) is 27.1 Å². The number of fused-ring (bicyclic) bond motifs is 1. The van der Waals surface area contributed by atoms with E-state index in [2.05, 4.69) is 91.8 Å². The molecule has 154 valence electrons. The highest BCUT2D eigenvalue weighted by molar-refractivity contribution is 7.17. The fourth-order valence-corrected chi connectivity index (χ4v) is 5.78. The molecule has 0 spiro atoms. The van der Waals surface area contributed by atoms with E-state index in [0.717, 1.165) is 28.9 Å². The van der Waals surface area contributed by atoms with Crippen LogP contribution in [0.5, 0.6) is 0 Å². The van der Waals surface area contributed by atoms with Crippen molar-refractivity contribution in [1.29, 1.82) is 0 Å². The van der Waals surface area contributed by atoms with E-state index in [1.807, 2.05) is 0 Å². The summed E-state index contributed by atoms with van der Waals surface area (Å²) in [5, 5.41) is 10.9. The van der Waals surface area contributed by atoms with E-state index in [1.54, 1.807) is 17.7 Å². The van der Waals surface area contributed by atoms with Gasteiger partial charge in [-0.2, -0.15) is 0 Å². The quantitative estimate of drug-likeness (QED) is 0.539. The van der Waals surface area contributed by atoms with Crippen LogP contribution in [0.25, 0.3) is 21.3 Å². The van der Waals surface area contributed by atoms with Crippen LogP contribution < -0.4 is 10.6 Å². The van der Waals surface area contributed by atoms with Crippen LogP contribution in [0.2, 0.25) is 0 Å². The predicted octanol–water partition coefficient (Wildman–Crippen LogP) is 6.20. The summed E-state index contributed by atoms with van der Waals surface area (Å²) in [7, 11) is 0. The van der Waals surface area contributed by atoms with Crippen molar-refractivity contribution in [2.45, 2.75) is 77.4 Å². The third kappa shape index (κ3) is 4.31. The van der Waals surface area contributed by atoms with Gasteiger partial charge in [0.25, 0.3) is 0 Å². The van der Waals surface area contributed by atoms with Crippen molar-refractivity contribution in [3.8, 4) is 11.1 Å². The standard InChI is InChI=1S/C24H32N4S/c1-15(2)16-7-9-17(10-8-16)19-13-29-22-20(19)21(25-14-26-22)27-18-11-23(3,4)28-24(5,6)12-18/h7-10,13-15,18,28H,11-12H2,1-6H3,(H,25,26,27). The molecule has 0 bridgehead atoms. The molecule has 0 aliphatic carbocycles. The number of piperidine rings is 1. The first-order chi connectivity index (χ1) is 13.6. The molecule has 1 fully saturated rings. The van der Waals surface area contributed by atoms with Crippen LogP contribution in [0.4, 0.5) is 5.82 Å². The Morgan fingerprint density at radius 2 is 1.69 bits per heavy atom. The van der Waals surface area contributed by atoms with Crippen LogP contribution in [0.15, 0.2) is 36.0 Å². The molecule has 4 rings (SSSR count). The summed E-state index contributed by atoms with van der Waals surface area (Å²) in [6.07, 6.45) is 3.80. The number of benzene rings is 1. The Hall–Kier alpha value is -1.98. The van der Waals surface area contributed by atoms with Gasteiger partial charge in [-0.05, 0) is 57.6 Å². The van der Waals surface area contributed by atoms with Gasteiger partial charge < -0.3 is 10.6 Å². The number of aromatic nitrogens is 2.